The van der Waals surface area contributed by atoms with Gasteiger partial charge in [0.05, 0.1) is 30.6 Å². The molecule has 10 heteroatoms. The van der Waals surface area contributed by atoms with Crippen molar-refractivity contribution in [3.63, 3.8) is 0 Å². The third-order valence-corrected chi connectivity index (χ3v) is 7.25. The summed E-state index contributed by atoms with van der Waals surface area (Å²) in [4.78, 5) is 6.95. The van der Waals surface area contributed by atoms with Gasteiger partial charge in [0, 0.05) is 65.9 Å². The maximum atomic E-state index is 12.5. The Hall–Kier alpha value is -0.940. The lowest BCUT2D eigenvalue weighted by Crippen LogP contribution is -2.54. The molecule has 0 saturated carbocycles. The normalized spacial score (nSPS) is 21.6. The summed E-state index contributed by atoms with van der Waals surface area (Å²) in [6.45, 7) is 10.9. The highest BCUT2D eigenvalue weighted by molar-refractivity contribution is 7.89. The molecule has 0 amide bonds. The second-order valence-electron chi connectivity index (χ2n) is 7.79. The fourth-order valence-corrected chi connectivity index (χ4v) is 4.80. The van der Waals surface area contributed by atoms with Gasteiger partial charge >= 0.3 is 0 Å². The van der Waals surface area contributed by atoms with E-state index in [0.717, 1.165) is 25.3 Å². The molecule has 9 nitrogen and oxygen atoms in total. The highest BCUT2D eigenvalue weighted by atomic mass is 32.2. The van der Waals surface area contributed by atoms with E-state index in [9.17, 15) is 8.42 Å². The number of nitrogens with one attached hydrogen (secondary N) is 1. The van der Waals surface area contributed by atoms with Crippen molar-refractivity contribution >= 4 is 16.0 Å². The highest BCUT2D eigenvalue weighted by Crippen LogP contribution is 2.25. The minimum Gasteiger partial charge on any atom is -0.381 e. The van der Waals surface area contributed by atoms with E-state index >= 15 is 0 Å². The summed E-state index contributed by atoms with van der Waals surface area (Å²) in [7, 11) is -1.56. The number of piperazine rings is 1. The van der Waals surface area contributed by atoms with Gasteiger partial charge in [-0.3, -0.25) is 4.99 Å². The van der Waals surface area contributed by atoms with Gasteiger partial charge in [-0.1, -0.05) is 0 Å². The van der Waals surface area contributed by atoms with Crippen LogP contribution in [-0.2, 0) is 24.2 Å². The Morgan fingerprint density at radius 3 is 2.41 bits per heavy atom. The average molecular weight is 435 g/mol. The van der Waals surface area contributed by atoms with Crippen molar-refractivity contribution in [3.8, 4) is 0 Å². The van der Waals surface area contributed by atoms with Crippen LogP contribution in [-0.4, -0.2) is 107 Å². The van der Waals surface area contributed by atoms with E-state index in [1.165, 1.54) is 0 Å². The van der Waals surface area contributed by atoms with E-state index in [1.54, 1.807) is 11.4 Å². The van der Waals surface area contributed by atoms with Gasteiger partial charge in [0.1, 0.15) is 0 Å². The first kappa shape index (κ1) is 24.3. The van der Waals surface area contributed by atoms with Crippen LogP contribution in [0.4, 0.5) is 0 Å². The molecule has 2 saturated heterocycles. The van der Waals surface area contributed by atoms with Crippen molar-refractivity contribution in [1.29, 1.82) is 0 Å². The summed E-state index contributed by atoms with van der Waals surface area (Å²) < 4.78 is 43.3. The Balaban J connectivity index is 1.93. The van der Waals surface area contributed by atoms with Crippen LogP contribution in [0.25, 0.3) is 0 Å². The molecule has 2 aliphatic rings. The molecule has 2 fully saturated rings. The Morgan fingerprint density at radius 2 is 1.86 bits per heavy atom. The standard InChI is InChI=1S/C19H38N4O5S/c1-5-20-18(21-16-19(26-4)6-12-27-13-7-19)22-8-10-23(11-9-22)29(24,25)15-14-28-17(2)3/h17H,5-16H2,1-4H3,(H,20,21). The molecule has 29 heavy (non-hydrogen) atoms. The Morgan fingerprint density at radius 1 is 1.21 bits per heavy atom. The molecule has 2 aliphatic heterocycles. The number of guanidine groups is 1. The van der Waals surface area contributed by atoms with Crippen molar-refractivity contribution in [2.45, 2.75) is 45.3 Å². The molecule has 0 spiro atoms. The number of methoxy groups -OCH3 is 1. The molecule has 2 rings (SSSR count). The Bertz CT molecular complexity index is 612. The average Bonchev–Trinajstić information content (AvgIpc) is 2.71. The molecular weight excluding hydrogens is 396 g/mol. The zero-order valence-corrected chi connectivity index (χ0v) is 19.2. The summed E-state index contributed by atoms with van der Waals surface area (Å²) in [5, 5.41) is 3.33. The lowest BCUT2D eigenvalue weighted by Gasteiger charge is -2.37. The number of hydrogen-bond donors (Lipinski definition) is 1. The molecule has 0 aromatic heterocycles. The van der Waals surface area contributed by atoms with Crippen molar-refractivity contribution in [2.24, 2.45) is 4.99 Å². The molecular formula is C19H38N4O5S. The number of aliphatic imine (C=N–C) groups is 1. The van der Waals surface area contributed by atoms with Crippen LogP contribution in [0.1, 0.15) is 33.6 Å². The number of hydrogen-bond acceptors (Lipinski definition) is 6. The summed E-state index contributed by atoms with van der Waals surface area (Å²) in [6, 6.07) is 0. The van der Waals surface area contributed by atoms with Crippen LogP contribution in [0.15, 0.2) is 4.99 Å². The fourth-order valence-electron chi connectivity index (χ4n) is 3.51. The number of rotatable bonds is 9. The van der Waals surface area contributed by atoms with Gasteiger partial charge in [-0.15, -0.1) is 0 Å². The van der Waals surface area contributed by atoms with E-state index in [1.807, 2.05) is 20.8 Å². The Labute approximate surface area is 175 Å². The van der Waals surface area contributed by atoms with Gasteiger partial charge in [-0.05, 0) is 20.8 Å². The van der Waals surface area contributed by atoms with Crippen LogP contribution in [0.5, 0.6) is 0 Å². The van der Waals surface area contributed by atoms with Crippen LogP contribution in [0, 0.1) is 0 Å². The minimum atomic E-state index is -3.30. The lowest BCUT2D eigenvalue weighted by atomic mass is 9.94. The van der Waals surface area contributed by atoms with Crippen molar-refractivity contribution < 1.29 is 22.6 Å². The van der Waals surface area contributed by atoms with Crippen LogP contribution in [0.3, 0.4) is 0 Å². The smallest absolute Gasteiger partial charge is 0.216 e. The van der Waals surface area contributed by atoms with Gasteiger partial charge in [-0.2, -0.15) is 4.31 Å². The minimum absolute atomic E-state index is 0.0256. The van der Waals surface area contributed by atoms with Gasteiger partial charge in [0.2, 0.25) is 10.0 Å². The molecule has 170 valence electrons. The zero-order chi connectivity index (χ0) is 21.3. The maximum Gasteiger partial charge on any atom is 0.216 e. The zero-order valence-electron chi connectivity index (χ0n) is 18.4. The first-order valence-electron chi connectivity index (χ1n) is 10.6. The van der Waals surface area contributed by atoms with Crippen molar-refractivity contribution in [1.82, 2.24) is 14.5 Å². The quantitative estimate of drug-likeness (QED) is 0.418. The second kappa shape index (κ2) is 11.5. The van der Waals surface area contributed by atoms with E-state index in [-0.39, 0.29) is 24.1 Å². The first-order chi connectivity index (χ1) is 13.8. The predicted octanol–water partition coefficient (Wildman–Crippen LogP) is 0.520. The molecule has 0 unspecified atom stereocenters. The van der Waals surface area contributed by atoms with Crippen molar-refractivity contribution in [3.05, 3.63) is 0 Å². The SMILES string of the molecule is CCNC(=NCC1(OC)CCOCC1)N1CCN(S(=O)(=O)CCOC(C)C)CC1. The molecule has 0 aromatic carbocycles. The van der Waals surface area contributed by atoms with Gasteiger partial charge < -0.3 is 24.4 Å². The van der Waals surface area contributed by atoms with Crippen LogP contribution < -0.4 is 5.32 Å². The predicted molar refractivity (Wildman–Crippen MR) is 114 cm³/mol. The third kappa shape index (κ3) is 7.36. The summed E-state index contributed by atoms with van der Waals surface area (Å²) in [6.07, 6.45) is 1.69. The third-order valence-electron chi connectivity index (χ3n) is 5.41. The second-order valence-corrected chi connectivity index (χ2v) is 9.88. The lowest BCUT2D eigenvalue weighted by molar-refractivity contribution is -0.0829. The molecule has 0 radical (unpaired) electrons. The largest absolute Gasteiger partial charge is 0.381 e. The number of ether oxygens (including phenoxy) is 3. The van der Waals surface area contributed by atoms with Crippen molar-refractivity contribution in [2.75, 3.05) is 72.0 Å². The first-order valence-corrected chi connectivity index (χ1v) is 12.2. The molecule has 0 aromatic rings. The molecule has 2 heterocycles. The molecule has 0 bridgehead atoms. The summed E-state index contributed by atoms with van der Waals surface area (Å²) in [5.74, 6) is 0.841. The number of nitrogens with zero attached hydrogens (tertiary/aromatic N) is 3. The monoisotopic (exact) mass is 434 g/mol. The van der Waals surface area contributed by atoms with Gasteiger partial charge in [-0.25, -0.2) is 8.42 Å². The maximum absolute atomic E-state index is 12.5. The van der Waals surface area contributed by atoms with E-state index < -0.39 is 10.0 Å². The summed E-state index contributed by atoms with van der Waals surface area (Å²) in [5.41, 5.74) is -0.277. The van der Waals surface area contributed by atoms with Crippen LogP contribution >= 0.6 is 0 Å². The van der Waals surface area contributed by atoms with Gasteiger partial charge in [0.25, 0.3) is 0 Å². The molecule has 1 N–H and O–H groups in total. The van der Waals surface area contributed by atoms with E-state index in [0.29, 0.717) is 45.9 Å². The number of sulfonamides is 1. The van der Waals surface area contributed by atoms with Crippen LogP contribution in [0.2, 0.25) is 0 Å². The highest BCUT2D eigenvalue weighted by Gasteiger charge is 2.33. The molecule has 0 atom stereocenters. The van der Waals surface area contributed by atoms with E-state index in [2.05, 4.69) is 10.2 Å². The van der Waals surface area contributed by atoms with Gasteiger partial charge in [0.15, 0.2) is 5.96 Å². The van der Waals surface area contributed by atoms with E-state index in [4.69, 9.17) is 19.2 Å². The topological polar surface area (TPSA) is 92.7 Å². The summed E-state index contributed by atoms with van der Waals surface area (Å²) >= 11 is 0. The molecule has 0 aliphatic carbocycles. The fraction of sp³-hybridized carbons (Fsp3) is 0.947. The Kier molecular flexibility index (Phi) is 9.61.